The summed E-state index contributed by atoms with van der Waals surface area (Å²) in [5.74, 6) is 0. The summed E-state index contributed by atoms with van der Waals surface area (Å²) in [7, 11) is 9.27. The maximum atomic E-state index is 2.35. The van der Waals surface area contributed by atoms with Gasteiger partial charge in [-0.15, -0.1) is 0 Å². The summed E-state index contributed by atoms with van der Waals surface area (Å²) in [5.41, 5.74) is 16.0. The van der Waals surface area contributed by atoms with Crippen molar-refractivity contribution in [2.75, 3.05) is 0 Å². The molecule has 0 bridgehead atoms. The van der Waals surface area contributed by atoms with Crippen molar-refractivity contribution in [3.8, 4) is 33.4 Å². The number of allylic oxidation sites excluding steroid dienone is 1. The monoisotopic (exact) mass is 558 g/mol. The summed E-state index contributed by atoms with van der Waals surface area (Å²) in [4.78, 5) is 0. The number of rotatable bonds is 4. The van der Waals surface area contributed by atoms with Crippen LogP contribution in [0.4, 0.5) is 0 Å². The van der Waals surface area contributed by atoms with E-state index in [0.717, 1.165) is 0 Å². The van der Waals surface area contributed by atoms with Gasteiger partial charge in [-0.3, -0.25) is 0 Å². The maximum absolute atomic E-state index is 2.35. The van der Waals surface area contributed by atoms with Crippen LogP contribution in [0.3, 0.4) is 0 Å². The summed E-state index contributed by atoms with van der Waals surface area (Å²) in [6.07, 6.45) is 4.30. The van der Waals surface area contributed by atoms with Crippen LogP contribution in [0, 0.1) is 6.92 Å². The van der Waals surface area contributed by atoms with E-state index in [1.165, 1.54) is 98.7 Å². The average molecular weight is 558 g/mol. The molecule has 0 aromatic heterocycles. The van der Waals surface area contributed by atoms with Crippen LogP contribution in [-0.2, 0) is 0 Å². The highest BCUT2D eigenvalue weighted by atomic mass is 14.2. The standard InChI is InChI=1S/C40H34B4/c1-3-11-24-20-21-26(22-23(24)2)33-37(41)39(43)36(40(44)38(33)42)35-31-17-8-6-15-29(31)34(30-16-7-9-18-32(30)35)28-19-10-13-25-12-4-5-14-27(25)28/h3-22H,41-44H2,1-2H3/b11-3-. The predicted molar refractivity (Wildman–Crippen MR) is 207 cm³/mol. The molecule has 4 heteroatoms. The first-order chi connectivity index (χ1) is 21.4. The van der Waals surface area contributed by atoms with E-state index in [1.54, 1.807) is 0 Å². The molecule has 206 valence electrons. The van der Waals surface area contributed by atoms with Crippen LogP contribution in [0.2, 0.25) is 0 Å². The highest BCUT2D eigenvalue weighted by Gasteiger charge is 2.22. The van der Waals surface area contributed by atoms with Gasteiger partial charge in [0.15, 0.2) is 0 Å². The van der Waals surface area contributed by atoms with Crippen LogP contribution in [0.5, 0.6) is 0 Å². The number of benzene rings is 7. The fraction of sp³-hybridized carbons (Fsp3) is 0.0500. The molecule has 0 atom stereocenters. The van der Waals surface area contributed by atoms with Crippen molar-refractivity contribution in [3.63, 3.8) is 0 Å². The minimum absolute atomic E-state index is 1.27. The summed E-state index contributed by atoms with van der Waals surface area (Å²) < 4.78 is 0. The van der Waals surface area contributed by atoms with Crippen LogP contribution in [0.15, 0.2) is 115 Å². The minimum Gasteiger partial charge on any atom is -0.0874 e. The van der Waals surface area contributed by atoms with Crippen molar-refractivity contribution >= 4 is 91.6 Å². The first kappa shape index (κ1) is 28.1. The highest BCUT2D eigenvalue weighted by Crippen LogP contribution is 2.44. The Kier molecular flexibility index (Phi) is 7.10. The summed E-state index contributed by atoms with van der Waals surface area (Å²) in [5, 5.41) is 7.76. The van der Waals surface area contributed by atoms with E-state index < -0.39 is 0 Å². The Bertz CT molecular complexity index is 2200. The van der Waals surface area contributed by atoms with E-state index in [-0.39, 0.29) is 0 Å². The quantitative estimate of drug-likeness (QED) is 0.221. The molecule has 0 fully saturated rings. The molecule has 7 rings (SSSR count). The van der Waals surface area contributed by atoms with E-state index in [9.17, 15) is 0 Å². The molecule has 0 aliphatic rings. The molecule has 7 aromatic carbocycles. The Morgan fingerprint density at radius 3 is 1.55 bits per heavy atom. The van der Waals surface area contributed by atoms with Crippen molar-refractivity contribution in [1.82, 2.24) is 0 Å². The Hall–Kier alpha value is -4.68. The predicted octanol–water partition coefficient (Wildman–Crippen LogP) is 4.52. The smallest absolute Gasteiger partial charge is 0.0874 e. The van der Waals surface area contributed by atoms with Gasteiger partial charge in [0.1, 0.15) is 31.4 Å². The molecule has 0 heterocycles. The fourth-order valence-electron chi connectivity index (χ4n) is 7.45. The van der Waals surface area contributed by atoms with Gasteiger partial charge < -0.3 is 0 Å². The number of hydrogen-bond acceptors (Lipinski definition) is 0. The molecule has 7 aromatic rings. The summed E-state index contributed by atoms with van der Waals surface area (Å²) >= 11 is 0. The Morgan fingerprint density at radius 2 is 0.977 bits per heavy atom. The molecule has 0 N–H and O–H groups in total. The Morgan fingerprint density at radius 1 is 0.477 bits per heavy atom. The Balaban J connectivity index is 1.57. The van der Waals surface area contributed by atoms with Gasteiger partial charge in [-0.25, -0.2) is 0 Å². The maximum Gasteiger partial charge on any atom is 0.139 e. The molecule has 0 saturated carbocycles. The highest BCUT2D eigenvalue weighted by molar-refractivity contribution is 6.63. The molecule has 0 radical (unpaired) electrons. The third-order valence-electron chi connectivity index (χ3n) is 9.77. The van der Waals surface area contributed by atoms with Crippen molar-refractivity contribution in [3.05, 3.63) is 126 Å². The van der Waals surface area contributed by atoms with Crippen molar-refractivity contribution in [1.29, 1.82) is 0 Å². The van der Waals surface area contributed by atoms with Crippen molar-refractivity contribution in [2.45, 2.75) is 13.8 Å². The first-order valence-electron chi connectivity index (χ1n) is 15.7. The SMILES string of the molecule is Bc1c(B)c(-c2c3ccccc3c(-c3cccc4ccccc34)c3ccccc23)c(B)c(B)c1-c1ccc(/C=C\C)c(C)c1. The van der Waals surface area contributed by atoms with E-state index in [4.69, 9.17) is 0 Å². The van der Waals surface area contributed by atoms with Crippen molar-refractivity contribution in [2.24, 2.45) is 0 Å². The topological polar surface area (TPSA) is 0 Å². The molecular weight excluding hydrogens is 524 g/mol. The lowest BCUT2D eigenvalue weighted by molar-refractivity contribution is 1.44. The lowest BCUT2D eigenvalue weighted by atomic mass is 9.61. The number of aryl methyl sites for hydroxylation is 1. The normalized spacial score (nSPS) is 11.7. The second-order valence-electron chi connectivity index (χ2n) is 12.2. The summed E-state index contributed by atoms with van der Waals surface area (Å²) in [6.45, 7) is 4.29. The molecular formula is C40H34B4. The average Bonchev–Trinajstić information content (AvgIpc) is 3.05. The van der Waals surface area contributed by atoms with E-state index >= 15 is 0 Å². The fourth-order valence-corrected chi connectivity index (χ4v) is 7.45. The number of hydrogen-bond donors (Lipinski definition) is 0. The van der Waals surface area contributed by atoms with Gasteiger partial charge in [0.25, 0.3) is 0 Å². The lowest BCUT2D eigenvalue weighted by Crippen LogP contribution is -2.44. The second kappa shape index (κ2) is 11.1. The molecule has 0 saturated heterocycles. The molecule has 0 nitrogen and oxygen atoms in total. The molecule has 0 spiro atoms. The first-order valence-corrected chi connectivity index (χ1v) is 15.7. The largest absolute Gasteiger partial charge is 0.139 e. The zero-order valence-corrected chi connectivity index (χ0v) is 26.5. The van der Waals surface area contributed by atoms with Gasteiger partial charge in [0.2, 0.25) is 0 Å². The molecule has 0 amide bonds. The van der Waals surface area contributed by atoms with E-state index in [0.29, 0.717) is 0 Å². The van der Waals surface area contributed by atoms with Crippen LogP contribution >= 0.6 is 0 Å². The van der Waals surface area contributed by atoms with Gasteiger partial charge in [0.05, 0.1) is 0 Å². The van der Waals surface area contributed by atoms with Gasteiger partial charge in [-0.1, -0.05) is 143 Å². The molecule has 44 heavy (non-hydrogen) atoms. The van der Waals surface area contributed by atoms with Crippen LogP contribution in [0.1, 0.15) is 18.1 Å². The third-order valence-corrected chi connectivity index (χ3v) is 9.77. The van der Waals surface area contributed by atoms with Crippen LogP contribution < -0.4 is 21.9 Å². The van der Waals surface area contributed by atoms with Crippen LogP contribution in [-0.4, -0.2) is 31.4 Å². The van der Waals surface area contributed by atoms with Gasteiger partial charge in [-0.05, 0) is 90.7 Å². The molecule has 0 unspecified atom stereocenters. The zero-order chi connectivity index (χ0) is 30.5. The minimum atomic E-state index is 1.27. The van der Waals surface area contributed by atoms with E-state index in [1.807, 2.05) is 0 Å². The van der Waals surface area contributed by atoms with Gasteiger partial charge in [-0.2, -0.15) is 0 Å². The molecule has 0 aliphatic carbocycles. The van der Waals surface area contributed by atoms with E-state index in [2.05, 4.69) is 167 Å². The third kappa shape index (κ3) is 4.36. The van der Waals surface area contributed by atoms with Gasteiger partial charge >= 0.3 is 0 Å². The van der Waals surface area contributed by atoms with Crippen LogP contribution in [0.25, 0.3) is 71.8 Å². The second-order valence-corrected chi connectivity index (χ2v) is 12.2. The summed E-state index contributed by atoms with van der Waals surface area (Å²) in [6, 6.07) is 40.4. The number of fused-ring (bicyclic) bond motifs is 3. The lowest BCUT2D eigenvalue weighted by Gasteiger charge is -2.26. The van der Waals surface area contributed by atoms with Crippen molar-refractivity contribution < 1.29 is 0 Å². The Labute approximate surface area is 264 Å². The zero-order valence-electron chi connectivity index (χ0n) is 26.5. The van der Waals surface area contributed by atoms with Gasteiger partial charge in [0, 0.05) is 0 Å². The molecule has 0 aliphatic heterocycles.